The molecule has 5 heteroatoms. The van der Waals surface area contributed by atoms with Gasteiger partial charge in [-0.3, -0.25) is 0 Å². The van der Waals surface area contributed by atoms with Gasteiger partial charge in [0, 0.05) is 5.88 Å². The third-order valence-electron chi connectivity index (χ3n) is 2.93. The van der Waals surface area contributed by atoms with Gasteiger partial charge < -0.3 is 5.11 Å². The van der Waals surface area contributed by atoms with Crippen molar-refractivity contribution in [1.82, 2.24) is 15.0 Å². The van der Waals surface area contributed by atoms with E-state index in [2.05, 4.69) is 10.2 Å². The van der Waals surface area contributed by atoms with Gasteiger partial charge in [-0.25, -0.2) is 0 Å². The second-order valence-electron chi connectivity index (χ2n) is 4.24. The molecule has 1 aromatic heterocycles. The molecule has 1 N–H and O–H groups in total. The quantitative estimate of drug-likeness (QED) is 0.747. The third-order valence-corrected chi connectivity index (χ3v) is 3.11. The zero-order valence-corrected chi connectivity index (χ0v) is 10.9. The van der Waals surface area contributed by atoms with Crippen molar-refractivity contribution in [1.29, 1.82) is 0 Å². The smallest absolute Gasteiger partial charge is 0.143 e. The summed E-state index contributed by atoms with van der Waals surface area (Å²) in [6, 6.07) is 12.9. The molecule has 0 amide bonds. The number of hydrogen-bond acceptors (Lipinski definition) is 3. The van der Waals surface area contributed by atoms with Crippen LogP contribution in [0.5, 0.6) is 5.75 Å². The van der Waals surface area contributed by atoms with Crippen LogP contribution in [0.2, 0.25) is 0 Å². The molecule has 0 spiro atoms. The first kappa shape index (κ1) is 12.0. The number of aromatic nitrogens is 3. The minimum Gasteiger partial charge on any atom is -0.506 e. The monoisotopic (exact) mass is 273 g/mol. The van der Waals surface area contributed by atoms with E-state index in [4.69, 9.17) is 11.6 Å². The summed E-state index contributed by atoms with van der Waals surface area (Å²) in [7, 11) is 0. The minimum atomic E-state index is 0.152. The van der Waals surface area contributed by atoms with E-state index >= 15 is 0 Å². The average Bonchev–Trinajstić information content (AvgIpc) is 2.85. The number of aryl methyl sites for hydroxylation is 1. The van der Waals surface area contributed by atoms with E-state index in [0.717, 1.165) is 23.0 Å². The number of halogens is 1. The largest absolute Gasteiger partial charge is 0.506 e. The Bertz CT molecular complexity index is 691. The first-order valence-corrected chi connectivity index (χ1v) is 6.52. The van der Waals surface area contributed by atoms with E-state index in [1.807, 2.05) is 36.4 Å². The number of hydrogen-bond donors (Lipinski definition) is 1. The van der Waals surface area contributed by atoms with Crippen molar-refractivity contribution in [2.45, 2.75) is 6.42 Å². The molecule has 0 saturated heterocycles. The number of alkyl halides is 1. The summed E-state index contributed by atoms with van der Waals surface area (Å²) in [5.41, 5.74) is 3.21. The predicted octanol–water partition coefficient (Wildman–Crippen LogP) is 2.91. The van der Waals surface area contributed by atoms with Crippen LogP contribution in [0.4, 0.5) is 0 Å². The van der Waals surface area contributed by atoms with Gasteiger partial charge in [-0.2, -0.15) is 0 Å². The predicted molar refractivity (Wildman–Crippen MR) is 75.0 cm³/mol. The average molecular weight is 274 g/mol. The Labute approximate surface area is 115 Å². The lowest BCUT2D eigenvalue weighted by atomic mass is 10.1. The molecular weight excluding hydrogens is 262 g/mol. The highest BCUT2D eigenvalue weighted by Crippen LogP contribution is 2.23. The highest BCUT2D eigenvalue weighted by atomic mass is 35.5. The second kappa shape index (κ2) is 4.90. The zero-order chi connectivity index (χ0) is 13.2. The van der Waals surface area contributed by atoms with Gasteiger partial charge in [0.2, 0.25) is 0 Å². The molecule has 3 aromatic rings. The first-order valence-electron chi connectivity index (χ1n) is 5.98. The fraction of sp³-hybridized carbons (Fsp3) is 0.143. The standard InChI is InChI=1S/C14H12ClN3O/c15-8-7-10-5-6-14(19)13(9-10)18-16-11-3-1-2-4-12(11)17-18/h1-6,9,19H,7-8H2. The summed E-state index contributed by atoms with van der Waals surface area (Å²) in [5.74, 6) is 0.692. The molecule has 0 radical (unpaired) electrons. The SMILES string of the molecule is Oc1ccc(CCCl)cc1-n1nc2ccccc2n1. The summed E-state index contributed by atoms with van der Waals surface area (Å²) < 4.78 is 0. The van der Waals surface area contributed by atoms with Crippen LogP contribution >= 0.6 is 11.6 Å². The van der Waals surface area contributed by atoms with E-state index in [1.54, 1.807) is 6.07 Å². The maximum atomic E-state index is 9.95. The number of fused-ring (bicyclic) bond motifs is 1. The van der Waals surface area contributed by atoms with E-state index < -0.39 is 0 Å². The van der Waals surface area contributed by atoms with Crippen molar-refractivity contribution < 1.29 is 5.11 Å². The van der Waals surface area contributed by atoms with Crippen LogP contribution in [-0.4, -0.2) is 26.0 Å². The van der Waals surface area contributed by atoms with Gasteiger partial charge >= 0.3 is 0 Å². The van der Waals surface area contributed by atoms with Crippen LogP contribution in [0.3, 0.4) is 0 Å². The van der Waals surface area contributed by atoms with Crippen LogP contribution in [0, 0.1) is 0 Å². The van der Waals surface area contributed by atoms with E-state index in [1.165, 1.54) is 4.80 Å². The topological polar surface area (TPSA) is 50.9 Å². The Kier molecular flexibility index (Phi) is 3.09. The van der Waals surface area contributed by atoms with Crippen LogP contribution < -0.4 is 0 Å². The summed E-state index contributed by atoms with van der Waals surface area (Å²) in [6.07, 6.45) is 0.746. The van der Waals surface area contributed by atoms with Gasteiger partial charge in [0.25, 0.3) is 0 Å². The van der Waals surface area contributed by atoms with E-state index in [9.17, 15) is 5.11 Å². The molecule has 0 unspecified atom stereocenters. The van der Waals surface area contributed by atoms with E-state index in [-0.39, 0.29) is 5.75 Å². The molecule has 0 aliphatic carbocycles. The van der Waals surface area contributed by atoms with Gasteiger partial charge in [-0.15, -0.1) is 26.6 Å². The highest BCUT2D eigenvalue weighted by molar-refractivity contribution is 6.18. The number of benzene rings is 2. The van der Waals surface area contributed by atoms with Crippen LogP contribution in [0.1, 0.15) is 5.56 Å². The minimum absolute atomic E-state index is 0.152. The molecule has 0 bridgehead atoms. The van der Waals surface area contributed by atoms with Crippen molar-refractivity contribution in [2.24, 2.45) is 0 Å². The van der Waals surface area contributed by atoms with Crippen LogP contribution in [-0.2, 0) is 6.42 Å². The number of nitrogens with zero attached hydrogens (tertiary/aromatic N) is 3. The van der Waals surface area contributed by atoms with Crippen LogP contribution in [0.15, 0.2) is 42.5 Å². The number of aromatic hydroxyl groups is 1. The number of rotatable bonds is 3. The Morgan fingerprint density at radius 1 is 1.05 bits per heavy atom. The van der Waals surface area contributed by atoms with Crippen molar-refractivity contribution in [2.75, 3.05) is 5.88 Å². The van der Waals surface area contributed by atoms with Crippen molar-refractivity contribution in [3.63, 3.8) is 0 Å². The lowest BCUT2D eigenvalue weighted by molar-refractivity contribution is 0.467. The first-order chi connectivity index (χ1) is 9.28. The molecule has 19 heavy (non-hydrogen) atoms. The molecule has 2 aromatic carbocycles. The second-order valence-corrected chi connectivity index (χ2v) is 4.62. The summed E-state index contributed by atoms with van der Waals surface area (Å²) in [6.45, 7) is 0. The molecule has 4 nitrogen and oxygen atoms in total. The maximum absolute atomic E-state index is 9.95. The molecule has 0 atom stereocenters. The Morgan fingerprint density at radius 3 is 2.37 bits per heavy atom. The van der Waals surface area contributed by atoms with Gasteiger partial charge in [0.1, 0.15) is 22.5 Å². The van der Waals surface area contributed by atoms with Crippen molar-refractivity contribution in [3.8, 4) is 11.4 Å². The molecule has 0 aliphatic heterocycles. The van der Waals surface area contributed by atoms with Crippen molar-refractivity contribution in [3.05, 3.63) is 48.0 Å². The van der Waals surface area contributed by atoms with E-state index in [0.29, 0.717) is 11.6 Å². The Morgan fingerprint density at radius 2 is 1.74 bits per heavy atom. The third kappa shape index (κ3) is 2.27. The van der Waals surface area contributed by atoms with Crippen LogP contribution in [0.25, 0.3) is 16.7 Å². The van der Waals surface area contributed by atoms with Gasteiger partial charge in [-0.1, -0.05) is 18.2 Å². The Balaban J connectivity index is 2.11. The lowest BCUT2D eigenvalue weighted by Crippen LogP contribution is -2.00. The highest BCUT2D eigenvalue weighted by Gasteiger charge is 2.09. The fourth-order valence-electron chi connectivity index (χ4n) is 1.96. The molecule has 3 rings (SSSR count). The number of phenolic OH excluding ortho intramolecular Hbond substituents is 1. The molecule has 96 valence electrons. The molecular formula is C14H12ClN3O. The molecule has 0 aliphatic rings. The summed E-state index contributed by atoms with van der Waals surface area (Å²) >= 11 is 5.74. The number of phenols is 1. The fourth-order valence-corrected chi connectivity index (χ4v) is 2.18. The normalized spacial score (nSPS) is 11.0. The molecule has 0 saturated carbocycles. The van der Waals surface area contributed by atoms with Crippen molar-refractivity contribution >= 4 is 22.6 Å². The summed E-state index contributed by atoms with van der Waals surface area (Å²) in [5, 5.41) is 18.7. The summed E-state index contributed by atoms with van der Waals surface area (Å²) in [4.78, 5) is 1.46. The molecule has 0 fully saturated rings. The van der Waals surface area contributed by atoms with Gasteiger partial charge in [0.15, 0.2) is 0 Å². The maximum Gasteiger partial charge on any atom is 0.143 e. The Hall–Kier alpha value is -2.07. The van der Waals surface area contributed by atoms with Gasteiger partial charge in [-0.05, 0) is 36.2 Å². The molecule has 1 heterocycles. The zero-order valence-electron chi connectivity index (χ0n) is 10.1. The lowest BCUT2D eigenvalue weighted by Gasteiger charge is -2.05. The van der Waals surface area contributed by atoms with Gasteiger partial charge in [0.05, 0.1) is 0 Å².